The van der Waals surface area contributed by atoms with Crippen LogP contribution in [0.4, 0.5) is 5.69 Å². The summed E-state index contributed by atoms with van der Waals surface area (Å²) in [6.07, 6.45) is 3.87. The van der Waals surface area contributed by atoms with E-state index in [9.17, 15) is 4.79 Å². The quantitative estimate of drug-likeness (QED) is 0.756. The number of rotatable bonds is 3. The minimum atomic E-state index is -0.0728. The van der Waals surface area contributed by atoms with Gasteiger partial charge in [0.2, 0.25) is 0 Å². The highest BCUT2D eigenvalue weighted by molar-refractivity contribution is 7.98. The van der Waals surface area contributed by atoms with Gasteiger partial charge in [0.15, 0.2) is 0 Å². The van der Waals surface area contributed by atoms with Crippen LogP contribution < -0.4 is 9.64 Å². The normalized spacial score (nSPS) is 13.6. The number of ether oxygens (including phenoxy) is 1. The molecule has 0 fully saturated rings. The fourth-order valence-electron chi connectivity index (χ4n) is 2.92. The van der Waals surface area contributed by atoms with Crippen LogP contribution in [-0.4, -0.2) is 25.8 Å². The van der Waals surface area contributed by atoms with Crippen LogP contribution >= 0.6 is 23.4 Å². The first kappa shape index (κ1) is 16.2. The second-order valence-electron chi connectivity index (χ2n) is 5.37. The molecule has 1 amide bonds. The standard InChI is InChI=1S/C18H18ClNO2S/c1-22-16-7-3-5-12-6-4-10-20(17(12)16)18(21)14-11-13(23-2)8-9-15(14)19/h3,5,7-9,11H,4,6,10H2,1-2H3. The minimum absolute atomic E-state index is 0.0728. The maximum atomic E-state index is 13.1. The maximum Gasteiger partial charge on any atom is 0.259 e. The molecule has 2 aromatic carbocycles. The number of para-hydroxylation sites is 1. The van der Waals surface area contributed by atoms with Crippen molar-refractivity contribution >= 4 is 35.0 Å². The van der Waals surface area contributed by atoms with Crippen LogP contribution in [0.25, 0.3) is 0 Å². The lowest BCUT2D eigenvalue weighted by Crippen LogP contribution is -2.36. The van der Waals surface area contributed by atoms with Gasteiger partial charge in [-0.25, -0.2) is 0 Å². The number of fused-ring (bicyclic) bond motifs is 1. The van der Waals surface area contributed by atoms with Gasteiger partial charge >= 0.3 is 0 Å². The monoisotopic (exact) mass is 347 g/mol. The van der Waals surface area contributed by atoms with Crippen molar-refractivity contribution in [3.63, 3.8) is 0 Å². The van der Waals surface area contributed by atoms with Gasteiger partial charge in [-0.3, -0.25) is 4.79 Å². The predicted octanol–water partition coefficient (Wildman–Crippen LogP) is 4.66. The molecule has 0 saturated heterocycles. The van der Waals surface area contributed by atoms with Crippen molar-refractivity contribution in [2.24, 2.45) is 0 Å². The number of amides is 1. The minimum Gasteiger partial charge on any atom is -0.495 e. The molecule has 1 aliphatic rings. The number of halogens is 1. The van der Waals surface area contributed by atoms with Gasteiger partial charge in [0.1, 0.15) is 5.75 Å². The van der Waals surface area contributed by atoms with Crippen LogP contribution in [0.2, 0.25) is 5.02 Å². The van der Waals surface area contributed by atoms with Crippen LogP contribution in [0.3, 0.4) is 0 Å². The van der Waals surface area contributed by atoms with Crippen LogP contribution in [0.1, 0.15) is 22.3 Å². The van der Waals surface area contributed by atoms with Crippen molar-refractivity contribution in [1.29, 1.82) is 0 Å². The van der Waals surface area contributed by atoms with E-state index in [1.54, 1.807) is 29.8 Å². The third-order valence-electron chi connectivity index (χ3n) is 4.05. The molecule has 0 radical (unpaired) electrons. The summed E-state index contributed by atoms with van der Waals surface area (Å²) in [6.45, 7) is 0.673. The van der Waals surface area contributed by atoms with Gasteiger partial charge in [0.05, 0.1) is 23.4 Å². The molecule has 120 valence electrons. The van der Waals surface area contributed by atoms with Gasteiger partial charge in [-0.05, 0) is 48.9 Å². The van der Waals surface area contributed by atoms with E-state index >= 15 is 0 Å². The molecule has 2 aromatic rings. The van der Waals surface area contributed by atoms with Gasteiger partial charge < -0.3 is 9.64 Å². The zero-order valence-corrected chi connectivity index (χ0v) is 14.7. The molecule has 1 heterocycles. The molecule has 0 N–H and O–H groups in total. The number of hydrogen-bond donors (Lipinski definition) is 0. The fraction of sp³-hybridized carbons (Fsp3) is 0.278. The van der Waals surface area contributed by atoms with Crippen molar-refractivity contribution in [3.8, 4) is 5.75 Å². The molecule has 3 nitrogen and oxygen atoms in total. The Morgan fingerprint density at radius 2 is 2.13 bits per heavy atom. The van der Waals surface area contributed by atoms with Gasteiger partial charge in [-0.1, -0.05) is 23.7 Å². The first-order valence-electron chi connectivity index (χ1n) is 7.47. The van der Waals surface area contributed by atoms with Crippen LogP contribution in [0.15, 0.2) is 41.3 Å². The first-order chi connectivity index (χ1) is 11.2. The Hall–Kier alpha value is -1.65. The van der Waals surface area contributed by atoms with E-state index in [0.717, 1.165) is 34.7 Å². The van der Waals surface area contributed by atoms with Crippen molar-refractivity contribution < 1.29 is 9.53 Å². The number of hydrogen-bond acceptors (Lipinski definition) is 3. The molecule has 3 rings (SSSR count). The number of carbonyl (C=O) groups excluding carboxylic acids is 1. The van der Waals surface area contributed by atoms with Crippen LogP contribution in [-0.2, 0) is 6.42 Å². The molecular weight excluding hydrogens is 330 g/mol. The Balaban J connectivity index is 2.06. The van der Waals surface area contributed by atoms with E-state index in [2.05, 4.69) is 6.07 Å². The molecule has 0 bridgehead atoms. The number of carbonyl (C=O) groups is 1. The summed E-state index contributed by atoms with van der Waals surface area (Å²) >= 11 is 7.87. The summed E-state index contributed by atoms with van der Waals surface area (Å²) in [4.78, 5) is 15.9. The van der Waals surface area contributed by atoms with Gasteiger partial charge in [-0.2, -0.15) is 0 Å². The molecule has 0 saturated carbocycles. The zero-order chi connectivity index (χ0) is 16.4. The molecule has 5 heteroatoms. The lowest BCUT2D eigenvalue weighted by Gasteiger charge is -2.31. The summed E-state index contributed by atoms with van der Waals surface area (Å²) in [5.41, 5.74) is 2.55. The molecule has 1 aliphatic heterocycles. The zero-order valence-electron chi connectivity index (χ0n) is 13.1. The SMILES string of the molecule is COc1cccc2c1N(C(=O)c1cc(SC)ccc1Cl)CCC2. The second kappa shape index (κ2) is 6.85. The van der Waals surface area contributed by atoms with E-state index in [-0.39, 0.29) is 5.91 Å². The summed E-state index contributed by atoms with van der Waals surface area (Å²) in [5, 5.41) is 0.481. The lowest BCUT2D eigenvalue weighted by atomic mass is 10.00. The summed E-state index contributed by atoms with van der Waals surface area (Å²) in [7, 11) is 1.63. The van der Waals surface area contributed by atoms with Crippen molar-refractivity contribution in [3.05, 3.63) is 52.5 Å². The number of benzene rings is 2. The largest absolute Gasteiger partial charge is 0.495 e. The van der Waals surface area contributed by atoms with E-state index in [1.165, 1.54) is 0 Å². The average molecular weight is 348 g/mol. The third-order valence-corrected chi connectivity index (χ3v) is 5.10. The van der Waals surface area contributed by atoms with Gasteiger partial charge in [0, 0.05) is 11.4 Å². The highest BCUT2D eigenvalue weighted by atomic mass is 35.5. The van der Waals surface area contributed by atoms with Crippen molar-refractivity contribution in [2.45, 2.75) is 17.7 Å². The number of methoxy groups -OCH3 is 1. The van der Waals surface area contributed by atoms with Crippen LogP contribution in [0.5, 0.6) is 5.75 Å². The first-order valence-corrected chi connectivity index (χ1v) is 9.07. The second-order valence-corrected chi connectivity index (χ2v) is 6.66. The van der Waals surface area contributed by atoms with E-state index in [1.807, 2.05) is 30.5 Å². The summed E-state index contributed by atoms with van der Waals surface area (Å²) in [6, 6.07) is 11.5. The molecule has 23 heavy (non-hydrogen) atoms. The van der Waals surface area contributed by atoms with Crippen molar-refractivity contribution in [2.75, 3.05) is 24.8 Å². The Labute approximate surface area is 145 Å². The lowest BCUT2D eigenvalue weighted by molar-refractivity contribution is 0.0984. The van der Waals surface area contributed by atoms with E-state index < -0.39 is 0 Å². The Morgan fingerprint density at radius 3 is 2.87 bits per heavy atom. The third kappa shape index (κ3) is 3.06. The molecule has 0 aromatic heterocycles. The van der Waals surface area contributed by atoms with E-state index in [0.29, 0.717) is 17.1 Å². The number of thioether (sulfide) groups is 1. The number of anilines is 1. The van der Waals surface area contributed by atoms with Gasteiger partial charge in [0.25, 0.3) is 5.91 Å². The highest BCUT2D eigenvalue weighted by Crippen LogP contribution is 2.37. The fourth-order valence-corrected chi connectivity index (χ4v) is 3.56. The Kier molecular flexibility index (Phi) is 4.83. The van der Waals surface area contributed by atoms with Crippen LogP contribution in [0, 0.1) is 0 Å². The maximum absolute atomic E-state index is 13.1. The summed E-state index contributed by atoms with van der Waals surface area (Å²) < 4.78 is 5.47. The molecule has 0 spiro atoms. The molecule has 0 unspecified atom stereocenters. The molecule has 0 atom stereocenters. The molecular formula is C18H18ClNO2S. The Bertz CT molecular complexity index is 734. The smallest absolute Gasteiger partial charge is 0.259 e. The Morgan fingerprint density at radius 1 is 1.30 bits per heavy atom. The average Bonchev–Trinajstić information content (AvgIpc) is 2.60. The summed E-state index contributed by atoms with van der Waals surface area (Å²) in [5.74, 6) is 0.657. The van der Waals surface area contributed by atoms with Crippen molar-refractivity contribution in [1.82, 2.24) is 0 Å². The molecule has 0 aliphatic carbocycles. The van der Waals surface area contributed by atoms with Gasteiger partial charge in [-0.15, -0.1) is 11.8 Å². The van der Waals surface area contributed by atoms with E-state index in [4.69, 9.17) is 16.3 Å². The number of aryl methyl sites for hydroxylation is 1. The predicted molar refractivity (Wildman–Crippen MR) is 96.2 cm³/mol. The topological polar surface area (TPSA) is 29.5 Å². The highest BCUT2D eigenvalue weighted by Gasteiger charge is 2.28. The number of nitrogens with zero attached hydrogens (tertiary/aromatic N) is 1.